The van der Waals surface area contributed by atoms with Gasteiger partial charge in [-0.1, -0.05) is 29.8 Å². The van der Waals surface area contributed by atoms with Crippen LogP contribution in [0.15, 0.2) is 76.2 Å². The number of rotatable bonds is 6. The molecule has 0 saturated heterocycles. The molecular weight excluding hydrogens is 384 g/mol. The van der Waals surface area contributed by atoms with Gasteiger partial charge in [-0.05, 0) is 54.4 Å². The average molecular weight is 403 g/mol. The normalized spacial score (nSPS) is 14.9. The van der Waals surface area contributed by atoms with Crippen LogP contribution in [0.4, 0.5) is 5.69 Å². The van der Waals surface area contributed by atoms with E-state index in [2.05, 4.69) is 21.8 Å². The van der Waals surface area contributed by atoms with Gasteiger partial charge in [0.25, 0.3) is 0 Å². The highest BCUT2D eigenvalue weighted by atomic mass is 35.5. The Morgan fingerprint density at radius 2 is 1.85 bits per heavy atom. The minimum absolute atomic E-state index is 0.187. The fourth-order valence-corrected chi connectivity index (χ4v) is 4.58. The van der Waals surface area contributed by atoms with E-state index in [1.807, 2.05) is 24.3 Å². The maximum Gasteiger partial charge on any atom is 0.240 e. The summed E-state index contributed by atoms with van der Waals surface area (Å²) in [6.07, 6.45) is 2.54. The fraction of sp³-hybridized carbons (Fsp3) is 0.200. The Balaban J connectivity index is 1.59. The van der Waals surface area contributed by atoms with Crippen LogP contribution in [0.1, 0.15) is 17.4 Å². The lowest BCUT2D eigenvalue weighted by molar-refractivity contribution is 0.447. The van der Waals surface area contributed by atoms with E-state index in [1.165, 1.54) is 17.7 Å². The Hall–Kier alpha value is -2.28. The highest BCUT2D eigenvalue weighted by Crippen LogP contribution is 2.35. The molecule has 2 aromatic carbocycles. The highest BCUT2D eigenvalue weighted by molar-refractivity contribution is 7.89. The number of hydrogen-bond donors (Lipinski definition) is 1. The van der Waals surface area contributed by atoms with Crippen molar-refractivity contribution in [2.24, 2.45) is 0 Å². The maximum atomic E-state index is 12.7. The van der Waals surface area contributed by atoms with Gasteiger partial charge >= 0.3 is 0 Å². The van der Waals surface area contributed by atoms with Crippen molar-refractivity contribution in [1.82, 2.24) is 4.72 Å². The van der Waals surface area contributed by atoms with Crippen molar-refractivity contribution >= 4 is 27.3 Å². The molecule has 0 amide bonds. The zero-order chi connectivity index (χ0) is 18.9. The van der Waals surface area contributed by atoms with E-state index >= 15 is 0 Å². The van der Waals surface area contributed by atoms with E-state index < -0.39 is 10.0 Å². The maximum absolute atomic E-state index is 12.7. The van der Waals surface area contributed by atoms with Gasteiger partial charge in [0.05, 0.1) is 11.2 Å². The molecule has 0 bridgehead atoms. The number of benzene rings is 2. The number of sulfonamides is 1. The third-order valence-corrected chi connectivity index (χ3v) is 6.45. The number of halogens is 1. The fourth-order valence-electron chi connectivity index (χ4n) is 3.42. The second-order valence-electron chi connectivity index (χ2n) is 6.41. The van der Waals surface area contributed by atoms with Crippen molar-refractivity contribution in [3.8, 4) is 0 Å². The Morgan fingerprint density at radius 1 is 1.07 bits per heavy atom. The molecule has 1 unspecified atom stereocenters. The van der Waals surface area contributed by atoms with Crippen molar-refractivity contribution in [2.45, 2.75) is 17.4 Å². The van der Waals surface area contributed by atoms with E-state index in [4.69, 9.17) is 16.0 Å². The predicted octanol–water partition coefficient (Wildman–Crippen LogP) is 4.02. The van der Waals surface area contributed by atoms with Crippen molar-refractivity contribution in [2.75, 3.05) is 18.0 Å². The Morgan fingerprint density at radius 3 is 2.59 bits per heavy atom. The van der Waals surface area contributed by atoms with Crippen LogP contribution in [0.3, 0.4) is 0 Å². The lowest BCUT2D eigenvalue weighted by Crippen LogP contribution is -2.37. The van der Waals surface area contributed by atoms with Gasteiger partial charge in [0.1, 0.15) is 11.8 Å². The molecule has 140 valence electrons. The van der Waals surface area contributed by atoms with E-state index in [9.17, 15) is 8.42 Å². The molecule has 0 spiro atoms. The molecule has 1 N–H and O–H groups in total. The predicted molar refractivity (Wildman–Crippen MR) is 106 cm³/mol. The number of para-hydroxylation sites is 1. The van der Waals surface area contributed by atoms with Gasteiger partial charge in [-0.2, -0.15) is 0 Å². The summed E-state index contributed by atoms with van der Waals surface area (Å²) < 4.78 is 33.7. The Kier molecular flexibility index (Phi) is 4.95. The first-order valence-corrected chi connectivity index (χ1v) is 10.5. The molecule has 3 aromatic rings. The topological polar surface area (TPSA) is 62.6 Å². The van der Waals surface area contributed by atoms with Crippen LogP contribution in [0.2, 0.25) is 5.02 Å². The molecule has 4 rings (SSSR count). The average Bonchev–Trinajstić information content (AvgIpc) is 3.33. The molecule has 27 heavy (non-hydrogen) atoms. The second kappa shape index (κ2) is 7.38. The molecule has 1 atom stereocenters. The first-order valence-electron chi connectivity index (χ1n) is 8.68. The number of fused-ring (bicyclic) bond motifs is 1. The van der Waals surface area contributed by atoms with Crippen LogP contribution < -0.4 is 9.62 Å². The molecule has 7 heteroatoms. The minimum Gasteiger partial charge on any atom is -0.467 e. The zero-order valence-electron chi connectivity index (χ0n) is 14.5. The Bertz CT molecular complexity index is 1020. The van der Waals surface area contributed by atoms with Gasteiger partial charge in [0, 0.05) is 23.8 Å². The summed E-state index contributed by atoms with van der Waals surface area (Å²) >= 11 is 5.86. The van der Waals surface area contributed by atoms with Crippen molar-refractivity contribution in [3.05, 3.63) is 83.3 Å². The molecule has 0 radical (unpaired) electrons. The molecule has 0 aliphatic carbocycles. The zero-order valence-corrected chi connectivity index (χ0v) is 16.1. The van der Waals surface area contributed by atoms with E-state index in [0.717, 1.165) is 24.4 Å². The van der Waals surface area contributed by atoms with Crippen LogP contribution in [0, 0.1) is 0 Å². The molecule has 1 aliphatic heterocycles. The number of hydrogen-bond acceptors (Lipinski definition) is 4. The summed E-state index contributed by atoms with van der Waals surface area (Å²) in [5, 5.41) is 0.496. The summed E-state index contributed by atoms with van der Waals surface area (Å²) in [6, 6.07) is 17.8. The summed E-state index contributed by atoms with van der Waals surface area (Å²) in [5.74, 6) is 0.727. The number of anilines is 1. The molecular formula is C20H19ClN2O3S. The third kappa shape index (κ3) is 3.74. The molecule has 1 aromatic heterocycles. The first-order chi connectivity index (χ1) is 13.0. The standard InChI is InChI=1S/C20H19ClN2O3S/c21-16-7-9-17(10-8-16)27(24,25)22-14-19(20-6-3-13-26-20)23-12-11-15-4-1-2-5-18(15)23/h1-10,13,19,22H,11-12,14H2. The van der Waals surface area contributed by atoms with Gasteiger partial charge < -0.3 is 9.32 Å². The summed E-state index contributed by atoms with van der Waals surface area (Å²) in [7, 11) is -3.65. The van der Waals surface area contributed by atoms with E-state index in [0.29, 0.717) is 5.02 Å². The van der Waals surface area contributed by atoms with Crippen molar-refractivity contribution in [1.29, 1.82) is 0 Å². The largest absolute Gasteiger partial charge is 0.467 e. The van der Waals surface area contributed by atoms with Gasteiger partial charge in [0.2, 0.25) is 10.0 Å². The molecule has 2 heterocycles. The first kappa shape index (κ1) is 18.1. The minimum atomic E-state index is -3.65. The summed E-state index contributed by atoms with van der Waals surface area (Å²) in [6.45, 7) is 1.01. The second-order valence-corrected chi connectivity index (χ2v) is 8.61. The lowest BCUT2D eigenvalue weighted by Gasteiger charge is -2.29. The SMILES string of the molecule is O=S(=O)(NCC(c1ccco1)N1CCc2ccccc21)c1ccc(Cl)cc1. The molecule has 0 fully saturated rings. The van der Waals surface area contributed by atoms with Gasteiger partial charge in [-0.25, -0.2) is 13.1 Å². The van der Waals surface area contributed by atoms with Crippen LogP contribution >= 0.6 is 11.6 Å². The van der Waals surface area contributed by atoms with Crippen LogP contribution in [-0.4, -0.2) is 21.5 Å². The molecule has 5 nitrogen and oxygen atoms in total. The van der Waals surface area contributed by atoms with Crippen LogP contribution in [-0.2, 0) is 16.4 Å². The van der Waals surface area contributed by atoms with Gasteiger partial charge in [0.15, 0.2) is 0 Å². The Labute approximate surface area is 163 Å². The molecule has 0 saturated carbocycles. The number of furan rings is 1. The summed E-state index contributed by atoms with van der Waals surface area (Å²) in [5.41, 5.74) is 2.37. The number of nitrogens with one attached hydrogen (secondary N) is 1. The van der Waals surface area contributed by atoms with E-state index in [1.54, 1.807) is 18.4 Å². The van der Waals surface area contributed by atoms with Crippen molar-refractivity contribution in [3.63, 3.8) is 0 Å². The van der Waals surface area contributed by atoms with Crippen LogP contribution in [0.5, 0.6) is 0 Å². The number of nitrogens with zero attached hydrogens (tertiary/aromatic N) is 1. The lowest BCUT2D eigenvalue weighted by atomic mass is 10.1. The monoisotopic (exact) mass is 402 g/mol. The third-order valence-electron chi connectivity index (χ3n) is 4.76. The van der Waals surface area contributed by atoms with Crippen molar-refractivity contribution < 1.29 is 12.8 Å². The smallest absolute Gasteiger partial charge is 0.240 e. The summed E-state index contributed by atoms with van der Waals surface area (Å²) in [4.78, 5) is 2.38. The van der Waals surface area contributed by atoms with Gasteiger partial charge in [-0.3, -0.25) is 0 Å². The quantitative estimate of drug-likeness (QED) is 0.676. The highest BCUT2D eigenvalue weighted by Gasteiger charge is 2.30. The van der Waals surface area contributed by atoms with Crippen LogP contribution in [0.25, 0.3) is 0 Å². The molecule has 1 aliphatic rings. The van der Waals surface area contributed by atoms with Gasteiger partial charge in [-0.15, -0.1) is 0 Å². The van der Waals surface area contributed by atoms with E-state index in [-0.39, 0.29) is 17.5 Å².